The van der Waals surface area contributed by atoms with Gasteiger partial charge in [0.25, 0.3) is 0 Å². The molecule has 0 aromatic heterocycles. The van der Waals surface area contributed by atoms with Crippen LogP contribution in [-0.4, -0.2) is 76.0 Å². The molecule has 3 N–H and O–H groups in total. The SMILES string of the molecule is COCC1NC(C2CC(Cl)C(F)C(C(=O)NNS(=O)(=O)CC3CCCCC3)C2)CN1C. The molecule has 11 heteroatoms. The van der Waals surface area contributed by atoms with Gasteiger partial charge in [-0.3, -0.25) is 20.4 Å². The van der Waals surface area contributed by atoms with Crippen molar-refractivity contribution in [1.29, 1.82) is 0 Å². The first-order valence-corrected chi connectivity index (χ1v) is 13.3. The van der Waals surface area contributed by atoms with E-state index in [0.717, 1.165) is 38.6 Å². The number of carbonyl (C=O) groups excluding carboxylic acids is 1. The first-order valence-electron chi connectivity index (χ1n) is 11.2. The minimum absolute atomic E-state index is 0.00778. The molecule has 6 unspecified atom stereocenters. The molecule has 1 aliphatic heterocycles. The third-order valence-corrected chi connectivity index (χ3v) is 8.72. The highest BCUT2D eigenvalue weighted by molar-refractivity contribution is 7.89. The van der Waals surface area contributed by atoms with E-state index in [0.29, 0.717) is 19.4 Å². The molecule has 3 rings (SSSR count). The molecule has 2 aliphatic carbocycles. The summed E-state index contributed by atoms with van der Waals surface area (Å²) in [5.41, 5.74) is 2.26. The molecule has 1 amide bonds. The number of ether oxygens (including phenoxy) is 1. The largest absolute Gasteiger partial charge is 0.382 e. The van der Waals surface area contributed by atoms with Crippen molar-refractivity contribution < 1.29 is 22.3 Å². The fourth-order valence-corrected chi connectivity index (χ4v) is 6.91. The Morgan fingerprint density at radius 2 is 1.97 bits per heavy atom. The van der Waals surface area contributed by atoms with E-state index in [4.69, 9.17) is 16.3 Å². The second-order valence-corrected chi connectivity index (χ2v) is 11.7. The van der Waals surface area contributed by atoms with Crippen LogP contribution in [0.3, 0.4) is 0 Å². The van der Waals surface area contributed by atoms with Crippen molar-refractivity contribution in [3.63, 3.8) is 0 Å². The molecular weight excluding hydrogens is 447 g/mol. The van der Waals surface area contributed by atoms with Crippen LogP contribution in [0.4, 0.5) is 4.39 Å². The first-order chi connectivity index (χ1) is 14.7. The molecule has 0 aromatic rings. The molecule has 8 nitrogen and oxygen atoms in total. The van der Waals surface area contributed by atoms with Crippen molar-refractivity contribution in [2.24, 2.45) is 17.8 Å². The molecule has 2 saturated carbocycles. The zero-order valence-corrected chi connectivity index (χ0v) is 19.9. The van der Waals surface area contributed by atoms with Gasteiger partial charge in [0.05, 0.1) is 29.8 Å². The highest BCUT2D eigenvalue weighted by Crippen LogP contribution is 2.38. The quantitative estimate of drug-likeness (QED) is 0.357. The summed E-state index contributed by atoms with van der Waals surface area (Å²) in [6.45, 7) is 1.28. The van der Waals surface area contributed by atoms with E-state index in [-0.39, 0.29) is 29.8 Å². The van der Waals surface area contributed by atoms with Gasteiger partial charge in [-0.15, -0.1) is 16.4 Å². The third kappa shape index (κ3) is 6.74. The van der Waals surface area contributed by atoms with Gasteiger partial charge in [-0.25, -0.2) is 12.8 Å². The molecule has 6 atom stereocenters. The number of nitrogens with zero attached hydrogens (tertiary/aromatic N) is 1. The molecule has 180 valence electrons. The number of amides is 1. The van der Waals surface area contributed by atoms with Crippen LogP contribution in [0.25, 0.3) is 0 Å². The Morgan fingerprint density at radius 1 is 1.26 bits per heavy atom. The molecule has 0 aromatic carbocycles. The second kappa shape index (κ2) is 11.1. The van der Waals surface area contributed by atoms with Crippen LogP contribution in [0.1, 0.15) is 44.9 Å². The predicted octanol–water partition coefficient (Wildman–Crippen LogP) is 1.37. The second-order valence-electron chi connectivity index (χ2n) is 9.36. The smallest absolute Gasteiger partial charge is 0.241 e. The van der Waals surface area contributed by atoms with Crippen molar-refractivity contribution in [3.8, 4) is 0 Å². The summed E-state index contributed by atoms with van der Waals surface area (Å²) < 4.78 is 44.8. The molecule has 3 fully saturated rings. The number of likely N-dealkylation sites (N-methyl/N-ethyl adjacent to an activating group) is 1. The van der Waals surface area contributed by atoms with Crippen LogP contribution in [0, 0.1) is 17.8 Å². The Bertz CT molecular complexity index is 709. The van der Waals surface area contributed by atoms with Crippen LogP contribution in [0.5, 0.6) is 0 Å². The average molecular weight is 483 g/mol. The lowest BCUT2D eigenvalue weighted by molar-refractivity contribution is -0.129. The van der Waals surface area contributed by atoms with Crippen molar-refractivity contribution in [2.45, 2.75) is 68.7 Å². The Balaban J connectivity index is 1.55. The Morgan fingerprint density at radius 3 is 2.65 bits per heavy atom. The number of hydrogen-bond acceptors (Lipinski definition) is 6. The van der Waals surface area contributed by atoms with Crippen molar-refractivity contribution in [3.05, 3.63) is 0 Å². The Labute approximate surface area is 190 Å². The van der Waals surface area contributed by atoms with E-state index in [1.54, 1.807) is 7.11 Å². The summed E-state index contributed by atoms with van der Waals surface area (Å²) in [6.07, 6.45) is 4.29. The number of carbonyl (C=O) groups is 1. The molecule has 0 radical (unpaired) electrons. The Hall–Kier alpha value is -0.520. The molecule has 3 aliphatic rings. The van der Waals surface area contributed by atoms with Crippen LogP contribution >= 0.6 is 11.6 Å². The molecular formula is C20H36ClFN4O4S. The van der Waals surface area contributed by atoms with Crippen LogP contribution in [0.2, 0.25) is 0 Å². The van der Waals surface area contributed by atoms with Gasteiger partial charge < -0.3 is 4.74 Å². The van der Waals surface area contributed by atoms with Gasteiger partial charge in [0.1, 0.15) is 6.17 Å². The lowest BCUT2D eigenvalue weighted by Crippen LogP contribution is -2.53. The van der Waals surface area contributed by atoms with Crippen LogP contribution in [-0.2, 0) is 19.6 Å². The number of rotatable bonds is 8. The number of methoxy groups -OCH3 is 1. The minimum Gasteiger partial charge on any atom is -0.382 e. The van der Waals surface area contributed by atoms with Gasteiger partial charge in [-0.1, -0.05) is 19.3 Å². The van der Waals surface area contributed by atoms with E-state index in [2.05, 4.69) is 20.5 Å². The topological polar surface area (TPSA) is 99.8 Å². The van der Waals surface area contributed by atoms with E-state index >= 15 is 0 Å². The summed E-state index contributed by atoms with van der Waals surface area (Å²) in [5.74, 6) is -1.55. The number of halogens is 2. The van der Waals surface area contributed by atoms with Crippen LogP contribution < -0.4 is 15.6 Å². The average Bonchev–Trinajstić information content (AvgIpc) is 3.09. The van der Waals surface area contributed by atoms with Gasteiger partial charge in [0.2, 0.25) is 15.9 Å². The van der Waals surface area contributed by atoms with E-state index in [1.165, 1.54) is 0 Å². The molecule has 31 heavy (non-hydrogen) atoms. The zero-order chi connectivity index (χ0) is 22.6. The number of hydrazine groups is 1. The van der Waals surface area contributed by atoms with Gasteiger partial charge in [0.15, 0.2) is 0 Å². The normalized spacial score (nSPS) is 35.9. The maximum Gasteiger partial charge on any atom is 0.241 e. The molecule has 0 spiro atoms. The van der Waals surface area contributed by atoms with E-state index in [9.17, 15) is 17.6 Å². The van der Waals surface area contributed by atoms with E-state index in [1.807, 2.05) is 7.05 Å². The maximum atomic E-state index is 14.8. The first kappa shape index (κ1) is 25.1. The summed E-state index contributed by atoms with van der Waals surface area (Å²) in [5, 5.41) is 2.69. The number of alkyl halides is 2. The van der Waals surface area contributed by atoms with Gasteiger partial charge in [-0.2, -0.15) is 0 Å². The van der Waals surface area contributed by atoms with Crippen LogP contribution in [0.15, 0.2) is 0 Å². The third-order valence-electron chi connectivity index (χ3n) is 6.98. The minimum atomic E-state index is -3.67. The van der Waals surface area contributed by atoms with Gasteiger partial charge in [-0.05, 0) is 44.6 Å². The van der Waals surface area contributed by atoms with Gasteiger partial charge >= 0.3 is 0 Å². The lowest BCUT2D eigenvalue weighted by Gasteiger charge is -2.37. The number of nitrogens with one attached hydrogen (secondary N) is 3. The number of hydrogen-bond donors (Lipinski definition) is 3. The summed E-state index contributed by atoms with van der Waals surface area (Å²) in [4.78, 5) is 17.0. The predicted molar refractivity (Wildman–Crippen MR) is 118 cm³/mol. The molecule has 1 saturated heterocycles. The molecule has 1 heterocycles. The summed E-state index contributed by atoms with van der Waals surface area (Å²) >= 11 is 6.27. The monoisotopic (exact) mass is 482 g/mol. The Kier molecular flexibility index (Phi) is 8.97. The standard InChI is InChI=1S/C20H36ClFN4O4S/c1-26-10-17(23-18(26)11-30-2)14-8-15(19(22)16(21)9-14)20(27)24-25-31(28,29)12-13-6-4-3-5-7-13/h13-19,23,25H,3-12H2,1-2H3,(H,24,27). The highest BCUT2D eigenvalue weighted by atomic mass is 35.5. The fraction of sp³-hybridized carbons (Fsp3) is 0.950. The lowest BCUT2D eigenvalue weighted by atomic mass is 9.76. The highest BCUT2D eigenvalue weighted by Gasteiger charge is 2.45. The van der Waals surface area contributed by atoms with Crippen molar-refractivity contribution >= 4 is 27.5 Å². The molecule has 0 bridgehead atoms. The number of sulfonamides is 1. The zero-order valence-electron chi connectivity index (χ0n) is 18.4. The van der Waals surface area contributed by atoms with Crippen molar-refractivity contribution in [1.82, 2.24) is 20.5 Å². The maximum absolute atomic E-state index is 14.8. The summed E-state index contributed by atoms with van der Waals surface area (Å²) in [7, 11) is -0.0388. The van der Waals surface area contributed by atoms with Gasteiger partial charge in [0, 0.05) is 19.7 Å². The fourth-order valence-electron chi connectivity index (χ4n) is 5.21. The van der Waals surface area contributed by atoms with Crippen molar-refractivity contribution in [2.75, 3.05) is 33.1 Å². The summed E-state index contributed by atoms with van der Waals surface area (Å²) in [6, 6.07) is 0.0668. The van der Waals surface area contributed by atoms with E-state index < -0.39 is 33.4 Å².